The number of amides is 1. The lowest BCUT2D eigenvalue weighted by molar-refractivity contribution is -0.137. The van der Waals surface area contributed by atoms with E-state index in [0.29, 0.717) is 17.0 Å². The standard InChI is InChI=1S/C17H18F3N3O2/c1-9-7-11(17(18,19)20)5-6-12(9)16(3,4)23-15(25)13-8-14(24)22-10(2)21-13/h5-8H,1-4H3,(H,23,25)(H,21,22,24). The second-order valence-corrected chi connectivity index (χ2v) is 6.32. The largest absolute Gasteiger partial charge is 0.416 e. The van der Waals surface area contributed by atoms with Gasteiger partial charge in [-0.05, 0) is 51.0 Å². The fourth-order valence-corrected chi connectivity index (χ4v) is 2.65. The molecule has 0 saturated carbocycles. The number of H-pyrrole nitrogens is 1. The molecule has 0 bridgehead atoms. The van der Waals surface area contributed by atoms with Crippen LogP contribution in [0.4, 0.5) is 13.2 Å². The van der Waals surface area contributed by atoms with Crippen LogP contribution < -0.4 is 10.9 Å². The Bertz CT molecular complexity index is 870. The molecule has 5 nitrogen and oxygen atoms in total. The molecule has 134 valence electrons. The average molecular weight is 353 g/mol. The summed E-state index contributed by atoms with van der Waals surface area (Å²) in [4.78, 5) is 30.2. The van der Waals surface area contributed by atoms with Gasteiger partial charge in [-0.3, -0.25) is 9.59 Å². The molecule has 2 N–H and O–H groups in total. The molecule has 25 heavy (non-hydrogen) atoms. The van der Waals surface area contributed by atoms with Crippen LogP contribution in [0.5, 0.6) is 0 Å². The molecule has 1 amide bonds. The molecular weight excluding hydrogens is 335 g/mol. The fourth-order valence-electron chi connectivity index (χ4n) is 2.65. The number of benzene rings is 1. The predicted octanol–water partition coefficient (Wildman–Crippen LogP) is 3.07. The van der Waals surface area contributed by atoms with Crippen LogP contribution in [0.2, 0.25) is 0 Å². The molecule has 1 heterocycles. The zero-order chi connectivity index (χ0) is 19.0. The van der Waals surface area contributed by atoms with Gasteiger partial charge in [0.2, 0.25) is 0 Å². The SMILES string of the molecule is Cc1nc(C(=O)NC(C)(C)c2ccc(C(F)(F)F)cc2C)cc(=O)[nH]1. The van der Waals surface area contributed by atoms with Crippen LogP contribution in [0.15, 0.2) is 29.1 Å². The monoisotopic (exact) mass is 353 g/mol. The summed E-state index contributed by atoms with van der Waals surface area (Å²) >= 11 is 0. The number of carbonyl (C=O) groups excluding carboxylic acids is 1. The van der Waals surface area contributed by atoms with E-state index in [9.17, 15) is 22.8 Å². The zero-order valence-corrected chi connectivity index (χ0v) is 14.2. The van der Waals surface area contributed by atoms with Gasteiger partial charge in [-0.1, -0.05) is 6.07 Å². The van der Waals surface area contributed by atoms with Crippen molar-refractivity contribution in [2.45, 2.75) is 39.4 Å². The third-order valence-corrected chi connectivity index (χ3v) is 3.75. The molecule has 0 aliphatic heterocycles. The van der Waals surface area contributed by atoms with Gasteiger partial charge < -0.3 is 10.3 Å². The minimum Gasteiger partial charge on any atom is -0.342 e. The summed E-state index contributed by atoms with van der Waals surface area (Å²) in [6.07, 6.45) is -4.43. The summed E-state index contributed by atoms with van der Waals surface area (Å²) in [5.74, 6) is -0.292. The van der Waals surface area contributed by atoms with Crippen LogP contribution in [-0.2, 0) is 11.7 Å². The molecule has 1 aromatic carbocycles. The van der Waals surface area contributed by atoms with Crippen molar-refractivity contribution < 1.29 is 18.0 Å². The van der Waals surface area contributed by atoms with Crippen molar-refractivity contribution in [2.24, 2.45) is 0 Å². The molecule has 0 radical (unpaired) electrons. The number of hydrogen-bond donors (Lipinski definition) is 2. The topological polar surface area (TPSA) is 74.8 Å². The smallest absolute Gasteiger partial charge is 0.342 e. The normalized spacial score (nSPS) is 12.1. The first kappa shape index (κ1) is 18.7. The lowest BCUT2D eigenvalue weighted by atomic mass is 9.89. The molecule has 0 aliphatic rings. The molecule has 0 fully saturated rings. The van der Waals surface area contributed by atoms with Gasteiger partial charge >= 0.3 is 6.18 Å². The van der Waals surface area contributed by atoms with Crippen LogP contribution in [0.3, 0.4) is 0 Å². The number of nitrogens with zero attached hydrogens (tertiary/aromatic N) is 1. The van der Waals surface area contributed by atoms with Gasteiger partial charge in [0, 0.05) is 6.07 Å². The van der Waals surface area contributed by atoms with Gasteiger partial charge in [0.15, 0.2) is 0 Å². The predicted molar refractivity (Wildman–Crippen MR) is 86.3 cm³/mol. The number of alkyl halides is 3. The highest BCUT2D eigenvalue weighted by molar-refractivity contribution is 5.92. The van der Waals surface area contributed by atoms with Crippen LogP contribution >= 0.6 is 0 Å². The van der Waals surface area contributed by atoms with Gasteiger partial charge in [0.05, 0.1) is 11.1 Å². The van der Waals surface area contributed by atoms with E-state index in [2.05, 4.69) is 15.3 Å². The first-order valence-corrected chi connectivity index (χ1v) is 7.49. The fraction of sp³-hybridized carbons (Fsp3) is 0.353. The number of aromatic nitrogens is 2. The van der Waals surface area contributed by atoms with E-state index in [0.717, 1.165) is 18.2 Å². The highest BCUT2D eigenvalue weighted by Gasteiger charge is 2.32. The van der Waals surface area contributed by atoms with Gasteiger partial charge in [-0.25, -0.2) is 4.98 Å². The molecule has 0 atom stereocenters. The highest BCUT2D eigenvalue weighted by atomic mass is 19.4. The third-order valence-electron chi connectivity index (χ3n) is 3.75. The Morgan fingerprint density at radius 3 is 2.32 bits per heavy atom. The van der Waals surface area contributed by atoms with E-state index in [1.54, 1.807) is 27.7 Å². The highest BCUT2D eigenvalue weighted by Crippen LogP contribution is 2.33. The van der Waals surface area contributed by atoms with Crippen molar-refractivity contribution in [1.82, 2.24) is 15.3 Å². The zero-order valence-electron chi connectivity index (χ0n) is 14.2. The molecule has 2 rings (SSSR count). The lowest BCUT2D eigenvalue weighted by Crippen LogP contribution is -2.42. The number of hydrogen-bond acceptors (Lipinski definition) is 3. The Balaban J connectivity index is 2.32. The van der Waals surface area contributed by atoms with Crippen LogP contribution in [0, 0.1) is 13.8 Å². The summed E-state index contributed by atoms with van der Waals surface area (Å²) in [7, 11) is 0. The van der Waals surface area contributed by atoms with Gasteiger partial charge in [0.1, 0.15) is 11.5 Å². The summed E-state index contributed by atoms with van der Waals surface area (Å²) in [6.45, 7) is 6.43. The quantitative estimate of drug-likeness (QED) is 0.890. The Kier molecular flexibility index (Phi) is 4.74. The summed E-state index contributed by atoms with van der Waals surface area (Å²) in [5, 5.41) is 2.71. The Morgan fingerprint density at radius 2 is 1.80 bits per heavy atom. The van der Waals surface area contributed by atoms with Crippen molar-refractivity contribution in [3.63, 3.8) is 0 Å². The van der Waals surface area contributed by atoms with E-state index in [1.165, 1.54) is 6.07 Å². The van der Waals surface area contributed by atoms with E-state index >= 15 is 0 Å². The number of halogens is 3. The minimum absolute atomic E-state index is 0.0566. The Labute approximate surface area is 142 Å². The molecule has 0 aliphatic carbocycles. The number of aromatic amines is 1. The molecule has 0 saturated heterocycles. The molecule has 0 spiro atoms. The summed E-state index contributed by atoms with van der Waals surface area (Å²) in [6, 6.07) is 4.43. The number of carbonyl (C=O) groups is 1. The second kappa shape index (κ2) is 6.34. The minimum atomic E-state index is -4.43. The Morgan fingerprint density at radius 1 is 1.16 bits per heavy atom. The van der Waals surface area contributed by atoms with Gasteiger partial charge in [-0.2, -0.15) is 13.2 Å². The molecular formula is C17H18F3N3O2. The maximum Gasteiger partial charge on any atom is 0.416 e. The average Bonchev–Trinajstić information content (AvgIpc) is 2.44. The molecule has 0 unspecified atom stereocenters. The summed E-state index contributed by atoms with van der Waals surface area (Å²) < 4.78 is 38.4. The first-order chi connectivity index (χ1) is 11.4. The van der Waals surface area contributed by atoms with Crippen LogP contribution in [0.25, 0.3) is 0 Å². The van der Waals surface area contributed by atoms with E-state index in [1.807, 2.05) is 0 Å². The lowest BCUT2D eigenvalue weighted by Gasteiger charge is -2.29. The maximum atomic E-state index is 12.8. The van der Waals surface area contributed by atoms with Gasteiger partial charge in [0.25, 0.3) is 11.5 Å². The molecule has 2 aromatic rings. The number of aryl methyl sites for hydroxylation is 2. The first-order valence-electron chi connectivity index (χ1n) is 7.49. The van der Waals surface area contributed by atoms with E-state index < -0.39 is 28.7 Å². The van der Waals surface area contributed by atoms with Crippen molar-refractivity contribution in [2.75, 3.05) is 0 Å². The van der Waals surface area contributed by atoms with Crippen molar-refractivity contribution in [3.8, 4) is 0 Å². The summed E-state index contributed by atoms with van der Waals surface area (Å²) in [5.41, 5.74) is -1.28. The number of rotatable bonds is 3. The number of nitrogens with one attached hydrogen (secondary N) is 2. The molecule has 1 aromatic heterocycles. The third kappa shape index (κ3) is 4.26. The second-order valence-electron chi connectivity index (χ2n) is 6.32. The van der Waals surface area contributed by atoms with E-state index in [4.69, 9.17) is 0 Å². The van der Waals surface area contributed by atoms with Crippen molar-refractivity contribution >= 4 is 5.91 Å². The van der Waals surface area contributed by atoms with Crippen molar-refractivity contribution in [3.05, 3.63) is 62.8 Å². The Hall–Kier alpha value is -2.64. The van der Waals surface area contributed by atoms with Crippen LogP contribution in [0.1, 0.15) is 46.9 Å². The van der Waals surface area contributed by atoms with Gasteiger partial charge in [-0.15, -0.1) is 0 Å². The van der Waals surface area contributed by atoms with E-state index in [-0.39, 0.29) is 5.69 Å². The van der Waals surface area contributed by atoms with Crippen molar-refractivity contribution in [1.29, 1.82) is 0 Å². The maximum absolute atomic E-state index is 12.8. The molecule has 8 heteroatoms. The van der Waals surface area contributed by atoms with Crippen LogP contribution in [-0.4, -0.2) is 15.9 Å².